The fourth-order valence-electron chi connectivity index (χ4n) is 3.82. The van der Waals surface area contributed by atoms with E-state index in [4.69, 9.17) is 9.26 Å². The zero-order valence-corrected chi connectivity index (χ0v) is 19.7. The number of ether oxygens (including phenoxy) is 1. The van der Waals surface area contributed by atoms with Gasteiger partial charge < -0.3 is 24.6 Å². The van der Waals surface area contributed by atoms with E-state index in [0.717, 1.165) is 0 Å². The predicted molar refractivity (Wildman–Crippen MR) is 118 cm³/mol. The molecule has 0 spiro atoms. The summed E-state index contributed by atoms with van der Waals surface area (Å²) in [7, 11) is -2.26. The van der Waals surface area contributed by atoms with Crippen LogP contribution < -0.4 is 14.8 Å². The molecule has 3 N–H and O–H groups in total. The summed E-state index contributed by atoms with van der Waals surface area (Å²) in [5.74, 6) is -0.110. The molecule has 0 fully saturated rings. The lowest BCUT2D eigenvalue weighted by atomic mass is 9.99. The molecule has 10 nitrogen and oxygen atoms in total. The second-order valence-corrected chi connectivity index (χ2v) is 9.74. The Hall–Kier alpha value is -2.63. The second kappa shape index (κ2) is 9.47. The Labute approximate surface area is 188 Å². The monoisotopic (exact) mass is 466 g/mol. The summed E-state index contributed by atoms with van der Waals surface area (Å²) < 4.78 is 40.0. The van der Waals surface area contributed by atoms with E-state index in [1.165, 1.54) is 6.92 Å². The van der Waals surface area contributed by atoms with Crippen LogP contribution in [0.3, 0.4) is 0 Å². The van der Waals surface area contributed by atoms with Crippen LogP contribution >= 0.6 is 0 Å². The lowest BCUT2D eigenvalue weighted by Crippen LogP contribution is -2.49. The first-order valence-corrected chi connectivity index (χ1v) is 11.9. The molecule has 1 aliphatic rings. The third-order valence-corrected chi connectivity index (χ3v) is 7.19. The highest BCUT2D eigenvalue weighted by molar-refractivity contribution is 7.92. The van der Waals surface area contributed by atoms with E-state index in [0.29, 0.717) is 13.1 Å². The van der Waals surface area contributed by atoms with Crippen molar-refractivity contribution < 1.29 is 27.6 Å². The Bertz CT molecular complexity index is 1060. The van der Waals surface area contributed by atoms with Gasteiger partial charge in [-0.15, -0.1) is 0 Å². The molecular weight excluding hydrogens is 436 g/mol. The first kappa shape index (κ1) is 24.0. The van der Waals surface area contributed by atoms with Crippen LogP contribution in [-0.2, 0) is 10.0 Å². The smallest absolute Gasteiger partial charge is 0.267 e. The molecule has 1 aromatic heterocycles. The minimum absolute atomic E-state index is 0.0528. The summed E-state index contributed by atoms with van der Waals surface area (Å²) >= 11 is 0. The van der Waals surface area contributed by atoms with Crippen LogP contribution in [0.5, 0.6) is 5.75 Å². The fourth-order valence-corrected chi connectivity index (χ4v) is 5.22. The van der Waals surface area contributed by atoms with E-state index in [9.17, 15) is 18.3 Å². The van der Waals surface area contributed by atoms with Crippen LogP contribution in [0.15, 0.2) is 27.6 Å². The maximum Gasteiger partial charge on any atom is 0.267 e. The highest BCUT2D eigenvalue weighted by Crippen LogP contribution is 2.36. The number of aliphatic hydroxyl groups is 1. The summed E-state index contributed by atoms with van der Waals surface area (Å²) in [6, 6.07) is 4.32. The molecule has 0 unspecified atom stereocenters. The summed E-state index contributed by atoms with van der Waals surface area (Å²) in [4.78, 5) is 14.9. The number of anilines is 1. The third kappa shape index (κ3) is 4.59. The van der Waals surface area contributed by atoms with Gasteiger partial charge in [-0.3, -0.25) is 9.52 Å². The number of carbonyl (C=O) groups is 1. The Morgan fingerprint density at radius 3 is 2.66 bits per heavy atom. The number of rotatable bonds is 7. The Kier molecular flexibility index (Phi) is 7.11. The molecule has 11 heteroatoms. The van der Waals surface area contributed by atoms with Crippen molar-refractivity contribution >= 4 is 21.6 Å². The van der Waals surface area contributed by atoms with Gasteiger partial charge in [-0.1, -0.05) is 18.1 Å². The zero-order chi connectivity index (χ0) is 23.6. The highest BCUT2D eigenvalue weighted by atomic mass is 32.2. The minimum Gasteiger partial charge on any atom is -0.486 e. The quantitative estimate of drug-likeness (QED) is 0.559. The number of sulfonamides is 1. The fraction of sp³-hybridized carbons (Fsp3) is 0.524. The van der Waals surface area contributed by atoms with Crippen molar-refractivity contribution in [3.05, 3.63) is 35.2 Å². The molecule has 1 amide bonds. The van der Waals surface area contributed by atoms with Crippen molar-refractivity contribution in [3.8, 4) is 5.75 Å². The molecule has 2 aromatic rings. The molecule has 3 atom stereocenters. The predicted octanol–water partition coefficient (Wildman–Crippen LogP) is 1.53. The summed E-state index contributed by atoms with van der Waals surface area (Å²) in [6.07, 6.45) is -0.343. The number of fused-ring (bicyclic) bond motifs is 1. The summed E-state index contributed by atoms with van der Waals surface area (Å²) in [5, 5.41) is 16.5. The number of amides is 1. The van der Waals surface area contributed by atoms with Gasteiger partial charge in [-0.25, -0.2) is 8.42 Å². The molecule has 0 aliphatic carbocycles. The topological polar surface area (TPSA) is 134 Å². The highest BCUT2D eigenvalue weighted by Gasteiger charge is 2.35. The Balaban J connectivity index is 2.11. The number of aromatic nitrogens is 1. The van der Waals surface area contributed by atoms with Crippen LogP contribution in [0.2, 0.25) is 0 Å². The van der Waals surface area contributed by atoms with Gasteiger partial charge in [-0.05, 0) is 40.0 Å². The molecule has 0 saturated carbocycles. The molecule has 3 rings (SSSR count). The average Bonchev–Trinajstić information content (AvgIpc) is 3.09. The van der Waals surface area contributed by atoms with E-state index in [2.05, 4.69) is 15.2 Å². The lowest BCUT2D eigenvalue weighted by Gasteiger charge is -2.37. The first-order chi connectivity index (χ1) is 15.1. The Morgan fingerprint density at radius 2 is 2.06 bits per heavy atom. The van der Waals surface area contributed by atoms with Crippen LogP contribution in [0.1, 0.15) is 35.7 Å². The van der Waals surface area contributed by atoms with Crippen LogP contribution in [0, 0.1) is 19.8 Å². The molecule has 0 radical (unpaired) electrons. The molecule has 2 heterocycles. The second-order valence-electron chi connectivity index (χ2n) is 8.12. The molecule has 176 valence electrons. The van der Waals surface area contributed by atoms with Crippen molar-refractivity contribution in [2.75, 3.05) is 31.5 Å². The molecule has 1 aliphatic heterocycles. The number of aryl methyl sites for hydroxylation is 2. The molecule has 32 heavy (non-hydrogen) atoms. The van der Waals surface area contributed by atoms with Crippen LogP contribution in [0.25, 0.3) is 0 Å². The lowest BCUT2D eigenvalue weighted by molar-refractivity contribution is 0.0417. The van der Waals surface area contributed by atoms with Crippen molar-refractivity contribution in [3.63, 3.8) is 0 Å². The number of aliphatic hydroxyl groups excluding tert-OH is 1. The Morgan fingerprint density at radius 1 is 1.34 bits per heavy atom. The van der Waals surface area contributed by atoms with E-state index < -0.39 is 16.1 Å². The van der Waals surface area contributed by atoms with Gasteiger partial charge in [0.2, 0.25) is 0 Å². The normalized spacial score (nSPS) is 20.2. The molecule has 1 aromatic carbocycles. The van der Waals surface area contributed by atoms with Gasteiger partial charge in [0.15, 0.2) is 16.4 Å². The van der Waals surface area contributed by atoms with Gasteiger partial charge in [0, 0.05) is 19.0 Å². The van der Waals surface area contributed by atoms with E-state index in [1.807, 2.05) is 6.92 Å². The van der Waals surface area contributed by atoms with Crippen molar-refractivity contribution in [2.45, 2.75) is 44.7 Å². The van der Waals surface area contributed by atoms with Gasteiger partial charge in [0.25, 0.3) is 15.9 Å². The largest absolute Gasteiger partial charge is 0.486 e. The van der Waals surface area contributed by atoms with E-state index in [-0.39, 0.29) is 57.9 Å². The number of hydrogen-bond donors (Lipinski definition) is 3. The van der Waals surface area contributed by atoms with E-state index >= 15 is 0 Å². The van der Waals surface area contributed by atoms with Crippen molar-refractivity contribution in [1.29, 1.82) is 0 Å². The van der Waals surface area contributed by atoms with Gasteiger partial charge in [0.05, 0.1) is 23.9 Å². The molecule has 0 bridgehead atoms. The summed E-state index contributed by atoms with van der Waals surface area (Å²) in [6.45, 7) is 7.46. The van der Waals surface area contributed by atoms with Crippen molar-refractivity contribution in [2.24, 2.45) is 5.92 Å². The first-order valence-electron chi connectivity index (χ1n) is 10.4. The number of carbonyl (C=O) groups excluding carboxylic acids is 1. The minimum atomic E-state index is -4.05. The maximum atomic E-state index is 13.4. The molecule has 0 saturated heterocycles. The van der Waals surface area contributed by atoms with E-state index in [1.54, 1.807) is 44.0 Å². The average molecular weight is 467 g/mol. The number of hydrogen-bond acceptors (Lipinski definition) is 8. The number of likely N-dealkylation sites (N-methyl/N-ethyl adjacent to an activating group) is 1. The maximum absolute atomic E-state index is 13.4. The number of para-hydroxylation sites is 1. The number of nitrogens with zero attached hydrogens (tertiary/aromatic N) is 2. The molecular formula is C21H30N4O6S. The zero-order valence-electron chi connectivity index (χ0n) is 18.9. The van der Waals surface area contributed by atoms with Crippen molar-refractivity contribution in [1.82, 2.24) is 15.4 Å². The van der Waals surface area contributed by atoms with Crippen LogP contribution in [-0.4, -0.2) is 68.4 Å². The number of benzene rings is 1. The van der Waals surface area contributed by atoms with Gasteiger partial charge in [0.1, 0.15) is 11.8 Å². The SMILES string of the molecule is CNC[C@@H]1Oc2c(NS(=O)(=O)c3c(C)noc3C)cccc2C(=O)N([C@@H](C)CO)C[C@@H]1C. The van der Waals surface area contributed by atoms with Gasteiger partial charge >= 0.3 is 0 Å². The standard InChI is InChI=1S/C21H30N4O6S/c1-12-10-25(13(2)11-26)21(27)16-7-6-8-17(19(16)30-18(12)9-22-5)24-32(28,29)20-14(3)23-31-15(20)4/h6-8,12-13,18,22,24,26H,9-11H2,1-5H3/t12-,13-,18-/m0/s1. The number of nitrogens with one attached hydrogen (secondary N) is 2. The van der Waals surface area contributed by atoms with Gasteiger partial charge in [-0.2, -0.15) is 0 Å². The van der Waals surface area contributed by atoms with Crippen LogP contribution in [0.4, 0.5) is 5.69 Å². The third-order valence-electron chi connectivity index (χ3n) is 5.58. The summed E-state index contributed by atoms with van der Waals surface area (Å²) in [5.41, 5.74) is 0.593.